The van der Waals surface area contributed by atoms with Crippen LogP contribution in [0.25, 0.3) is 0 Å². The van der Waals surface area contributed by atoms with Gasteiger partial charge in [0.15, 0.2) is 11.6 Å². The zero-order valence-electron chi connectivity index (χ0n) is 9.61. The van der Waals surface area contributed by atoms with Gasteiger partial charge in [-0.15, -0.1) is 11.8 Å². The minimum absolute atomic E-state index is 0.0610. The lowest BCUT2D eigenvalue weighted by Gasteiger charge is -2.15. The van der Waals surface area contributed by atoms with Crippen molar-refractivity contribution in [2.45, 2.75) is 24.9 Å². The summed E-state index contributed by atoms with van der Waals surface area (Å²) in [4.78, 5) is 10.9. The SMILES string of the molecule is CC(C)C(SCc1cccc(F)c1F)C(=O)O. The molecular formula is C12H14F2O2S. The fraction of sp³-hybridized carbons (Fsp3) is 0.417. The van der Waals surface area contributed by atoms with Gasteiger partial charge < -0.3 is 5.11 Å². The Balaban J connectivity index is 2.72. The summed E-state index contributed by atoms with van der Waals surface area (Å²) in [5, 5.41) is 8.34. The third kappa shape index (κ3) is 3.70. The van der Waals surface area contributed by atoms with E-state index in [1.807, 2.05) is 0 Å². The van der Waals surface area contributed by atoms with Gasteiger partial charge in [0.1, 0.15) is 5.25 Å². The van der Waals surface area contributed by atoms with Crippen LogP contribution in [0.1, 0.15) is 19.4 Å². The second kappa shape index (κ2) is 6.00. The van der Waals surface area contributed by atoms with Crippen LogP contribution in [0.2, 0.25) is 0 Å². The van der Waals surface area contributed by atoms with Crippen molar-refractivity contribution in [2.75, 3.05) is 0 Å². The van der Waals surface area contributed by atoms with Gasteiger partial charge in [0.05, 0.1) is 0 Å². The molecule has 17 heavy (non-hydrogen) atoms. The van der Waals surface area contributed by atoms with Crippen LogP contribution in [0.4, 0.5) is 8.78 Å². The molecule has 1 N–H and O–H groups in total. The summed E-state index contributed by atoms with van der Waals surface area (Å²) < 4.78 is 26.2. The molecule has 0 saturated carbocycles. The zero-order chi connectivity index (χ0) is 13.0. The smallest absolute Gasteiger partial charge is 0.316 e. The molecule has 94 valence electrons. The lowest BCUT2D eigenvalue weighted by atomic mass is 10.1. The van der Waals surface area contributed by atoms with Crippen molar-refractivity contribution in [3.05, 3.63) is 35.4 Å². The van der Waals surface area contributed by atoms with Crippen molar-refractivity contribution in [1.29, 1.82) is 0 Å². The van der Waals surface area contributed by atoms with Crippen molar-refractivity contribution in [3.8, 4) is 0 Å². The summed E-state index contributed by atoms with van der Waals surface area (Å²) in [6, 6.07) is 3.92. The van der Waals surface area contributed by atoms with E-state index < -0.39 is 22.9 Å². The third-order valence-corrected chi connectivity index (χ3v) is 3.88. The minimum atomic E-state index is -0.929. The van der Waals surface area contributed by atoms with Gasteiger partial charge in [0, 0.05) is 11.3 Å². The Morgan fingerprint density at radius 3 is 2.59 bits per heavy atom. The normalized spacial score (nSPS) is 12.8. The second-order valence-corrected chi connectivity index (χ2v) is 5.16. The fourth-order valence-electron chi connectivity index (χ4n) is 1.39. The number of benzene rings is 1. The number of carboxylic acid groups (broad SMARTS) is 1. The molecule has 0 aliphatic rings. The van der Waals surface area contributed by atoms with E-state index >= 15 is 0 Å². The number of carbonyl (C=O) groups is 1. The van der Waals surface area contributed by atoms with Crippen LogP contribution in [0, 0.1) is 17.6 Å². The number of halogens is 2. The standard InChI is InChI=1S/C12H14F2O2S/c1-7(2)11(12(15)16)17-6-8-4-3-5-9(13)10(8)14/h3-5,7,11H,6H2,1-2H3,(H,15,16). The average molecular weight is 260 g/mol. The Morgan fingerprint density at radius 2 is 2.06 bits per heavy atom. The van der Waals surface area contributed by atoms with Crippen LogP contribution in [0.3, 0.4) is 0 Å². The minimum Gasteiger partial charge on any atom is -0.480 e. The molecule has 1 aromatic rings. The summed E-state index contributed by atoms with van der Waals surface area (Å²) >= 11 is 1.11. The molecule has 0 fully saturated rings. The molecular weight excluding hydrogens is 246 g/mol. The Bertz CT molecular complexity index is 407. The van der Waals surface area contributed by atoms with Gasteiger partial charge in [-0.05, 0) is 12.0 Å². The molecule has 0 heterocycles. The number of carboxylic acids is 1. The first-order valence-corrected chi connectivity index (χ1v) is 6.25. The lowest BCUT2D eigenvalue weighted by Crippen LogP contribution is -2.22. The van der Waals surface area contributed by atoms with Gasteiger partial charge >= 0.3 is 5.97 Å². The molecule has 2 nitrogen and oxygen atoms in total. The number of aliphatic carboxylic acids is 1. The number of hydrogen-bond acceptors (Lipinski definition) is 2. The summed E-state index contributed by atoms with van der Waals surface area (Å²) in [5.41, 5.74) is 0.196. The third-order valence-electron chi connectivity index (χ3n) is 2.30. The molecule has 1 aromatic carbocycles. The Hall–Kier alpha value is -1.10. The molecule has 1 rings (SSSR count). The molecule has 0 spiro atoms. The number of rotatable bonds is 5. The number of hydrogen-bond donors (Lipinski definition) is 1. The van der Waals surface area contributed by atoms with Gasteiger partial charge in [-0.1, -0.05) is 26.0 Å². The van der Waals surface area contributed by atoms with E-state index in [9.17, 15) is 13.6 Å². The number of thioether (sulfide) groups is 1. The predicted molar refractivity (Wildman–Crippen MR) is 63.9 cm³/mol. The molecule has 0 aliphatic carbocycles. The van der Waals surface area contributed by atoms with Crippen molar-refractivity contribution in [2.24, 2.45) is 5.92 Å². The maximum absolute atomic E-state index is 13.3. The summed E-state index contributed by atoms with van der Waals surface area (Å²) in [7, 11) is 0. The van der Waals surface area contributed by atoms with E-state index in [0.29, 0.717) is 0 Å². The van der Waals surface area contributed by atoms with Gasteiger partial charge in [0.2, 0.25) is 0 Å². The van der Waals surface area contributed by atoms with E-state index in [2.05, 4.69) is 0 Å². The second-order valence-electron chi connectivity index (χ2n) is 4.03. The molecule has 1 unspecified atom stereocenters. The van der Waals surface area contributed by atoms with Crippen molar-refractivity contribution >= 4 is 17.7 Å². The Labute approximate surface area is 103 Å². The van der Waals surface area contributed by atoms with Crippen LogP contribution in [-0.4, -0.2) is 16.3 Å². The highest BCUT2D eigenvalue weighted by Gasteiger charge is 2.22. The quantitative estimate of drug-likeness (QED) is 0.882. The highest BCUT2D eigenvalue weighted by atomic mass is 32.2. The molecule has 0 saturated heterocycles. The first-order valence-electron chi connectivity index (χ1n) is 5.20. The maximum atomic E-state index is 13.3. The Morgan fingerprint density at radius 1 is 1.41 bits per heavy atom. The largest absolute Gasteiger partial charge is 0.480 e. The van der Waals surface area contributed by atoms with Gasteiger partial charge in [-0.25, -0.2) is 8.78 Å². The first kappa shape index (κ1) is 14.0. The Kier molecular flexibility index (Phi) is 4.93. The van der Waals surface area contributed by atoms with E-state index in [-0.39, 0.29) is 17.2 Å². The predicted octanol–water partition coefficient (Wildman–Crippen LogP) is 3.31. The average Bonchev–Trinajstić information content (AvgIpc) is 2.23. The van der Waals surface area contributed by atoms with Crippen LogP contribution in [0.15, 0.2) is 18.2 Å². The highest BCUT2D eigenvalue weighted by Crippen LogP contribution is 2.25. The van der Waals surface area contributed by atoms with Gasteiger partial charge in [-0.2, -0.15) is 0 Å². The molecule has 1 atom stereocenters. The summed E-state index contributed by atoms with van der Waals surface area (Å²) in [5.74, 6) is -2.64. The van der Waals surface area contributed by atoms with Crippen LogP contribution >= 0.6 is 11.8 Å². The molecule has 0 aliphatic heterocycles. The van der Waals surface area contributed by atoms with E-state index in [0.717, 1.165) is 17.8 Å². The topological polar surface area (TPSA) is 37.3 Å². The van der Waals surface area contributed by atoms with Crippen molar-refractivity contribution in [3.63, 3.8) is 0 Å². The summed E-state index contributed by atoms with van der Waals surface area (Å²) in [6.07, 6.45) is 0. The summed E-state index contributed by atoms with van der Waals surface area (Å²) in [6.45, 7) is 3.57. The van der Waals surface area contributed by atoms with Crippen LogP contribution in [-0.2, 0) is 10.5 Å². The van der Waals surface area contributed by atoms with Gasteiger partial charge in [-0.3, -0.25) is 4.79 Å². The molecule has 5 heteroatoms. The molecule has 0 bridgehead atoms. The zero-order valence-corrected chi connectivity index (χ0v) is 10.4. The fourth-order valence-corrected chi connectivity index (χ4v) is 2.50. The van der Waals surface area contributed by atoms with Crippen LogP contribution in [0.5, 0.6) is 0 Å². The van der Waals surface area contributed by atoms with Crippen molar-refractivity contribution < 1.29 is 18.7 Å². The van der Waals surface area contributed by atoms with E-state index in [1.54, 1.807) is 13.8 Å². The molecule has 0 radical (unpaired) electrons. The van der Waals surface area contributed by atoms with E-state index in [4.69, 9.17) is 5.11 Å². The van der Waals surface area contributed by atoms with Crippen LogP contribution < -0.4 is 0 Å². The highest BCUT2D eigenvalue weighted by molar-refractivity contribution is 7.99. The van der Waals surface area contributed by atoms with Gasteiger partial charge in [0.25, 0.3) is 0 Å². The maximum Gasteiger partial charge on any atom is 0.316 e. The van der Waals surface area contributed by atoms with E-state index in [1.165, 1.54) is 12.1 Å². The molecule has 0 amide bonds. The lowest BCUT2D eigenvalue weighted by molar-refractivity contribution is -0.137. The first-order chi connectivity index (χ1) is 7.93. The van der Waals surface area contributed by atoms with Crippen molar-refractivity contribution in [1.82, 2.24) is 0 Å². The molecule has 0 aromatic heterocycles. The monoisotopic (exact) mass is 260 g/mol.